The van der Waals surface area contributed by atoms with E-state index in [1.165, 1.54) is 13.3 Å². The average Bonchev–Trinajstić information content (AvgIpc) is 3.19. The van der Waals surface area contributed by atoms with Crippen LogP contribution in [0.5, 0.6) is 5.75 Å². The molecule has 2 N–H and O–H groups in total. The van der Waals surface area contributed by atoms with Gasteiger partial charge in [0, 0.05) is 23.3 Å². The molecule has 0 bridgehead atoms. The normalized spacial score (nSPS) is 10.6. The minimum absolute atomic E-state index is 0.108. The van der Waals surface area contributed by atoms with E-state index in [1.807, 2.05) is 18.2 Å². The maximum absolute atomic E-state index is 12.6. The van der Waals surface area contributed by atoms with Crippen molar-refractivity contribution in [3.05, 3.63) is 83.3 Å². The summed E-state index contributed by atoms with van der Waals surface area (Å²) >= 11 is 5.96. The summed E-state index contributed by atoms with van der Waals surface area (Å²) in [6.45, 7) is 0. The molecule has 4 aromatic rings. The van der Waals surface area contributed by atoms with Crippen LogP contribution >= 0.6 is 11.6 Å². The second-order valence-corrected chi connectivity index (χ2v) is 6.67. The van der Waals surface area contributed by atoms with Gasteiger partial charge >= 0.3 is 0 Å². The molecule has 2 aromatic carbocycles. The number of hydrogen-bond acceptors (Lipinski definition) is 5. The minimum Gasteiger partial charge on any atom is -0.494 e. The molecule has 0 aliphatic rings. The maximum atomic E-state index is 12.6. The number of nitrogens with zero attached hydrogens (tertiary/aromatic N) is 1. The van der Waals surface area contributed by atoms with E-state index in [2.05, 4.69) is 15.6 Å². The number of pyridine rings is 1. The standard InChI is InChI=1S/C22H16ClN3O4/c1-29-18-12-14(25-21(27)15-6-4-10-24-20(15)23)8-9-16(18)26-22(28)19-11-13-5-2-3-7-17(13)30-19/h2-12H,1H3,(H,25,27)(H,26,28). The number of hydrogen-bond donors (Lipinski definition) is 2. The molecular weight excluding hydrogens is 406 g/mol. The van der Waals surface area contributed by atoms with Gasteiger partial charge in [-0.05, 0) is 36.4 Å². The van der Waals surface area contributed by atoms with E-state index in [0.717, 1.165) is 5.39 Å². The molecule has 7 nitrogen and oxygen atoms in total. The van der Waals surface area contributed by atoms with Gasteiger partial charge in [-0.3, -0.25) is 9.59 Å². The van der Waals surface area contributed by atoms with E-state index in [4.69, 9.17) is 20.8 Å². The lowest BCUT2D eigenvalue weighted by atomic mass is 10.2. The van der Waals surface area contributed by atoms with Crippen LogP contribution in [0.2, 0.25) is 5.15 Å². The van der Waals surface area contributed by atoms with Crippen molar-refractivity contribution in [3.8, 4) is 5.75 Å². The molecular formula is C22H16ClN3O4. The first-order valence-electron chi connectivity index (χ1n) is 8.95. The highest BCUT2D eigenvalue weighted by Crippen LogP contribution is 2.29. The fourth-order valence-electron chi connectivity index (χ4n) is 2.90. The predicted molar refractivity (Wildman–Crippen MR) is 114 cm³/mol. The number of anilines is 2. The molecule has 0 spiro atoms. The second kappa shape index (κ2) is 8.26. The lowest BCUT2D eigenvalue weighted by Gasteiger charge is -2.12. The molecule has 150 valence electrons. The summed E-state index contributed by atoms with van der Waals surface area (Å²) in [5.41, 5.74) is 1.78. The number of fused-ring (bicyclic) bond motifs is 1. The van der Waals surface area contributed by atoms with Gasteiger partial charge in [0.05, 0.1) is 18.4 Å². The number of benzene rings is 2. The summed E-state index contributed by atoms with van der Waals surface area (Å²) in [6.07, 6.45) is 1.50. The number of carbonyl (C=O) groups excluding carboxylic acids is 2. The third kappa shape index (κ3) is 3.97. The number of para-hydroxylation sites is 1. The Kier molecular flexibility index (Phi) is 5.36. The van der Waals surface area contributed by atoms with Crippen molar-refractivity contribution < 1.29 is 18.7 Å². The third-order valence-electron chi connectivity index (χ3n) is 4.36. The number of halogens is 1. The van der Waals surface area contributed by atoms with Crippen molar-refractivity contribution >= 4 is 45.8 Å². The molecule has 2 aromatic heterocycles. The van der Waals surface area contributed by atoms with E-state index >= 15 is 0 Å². The van der Waals surface area contributed by atoms with Gasteiger partial charge in [0.1, 0.15) is 16.5 Å². The maximum Gasteiger partial charge on any atom is 0.291 e. The summed E-state index contributed by atoms with van der Waals surface area (Å²) in [6, 6.07) is 17.1. The van der Waals surface area contributed by atoms with E-state index in [-0.39, 0.29) is 16.5 Å². The highest BCUT2D eigenvalue weighted by Gasteiger charge is 2.16. The SMILES string of the molecule is COc1cc(NC(=O)c2cccnc2Cl)ccc1NC(=O)c1cc2ccccc2o1. The third-order valence-corrected chi connectivity index (χ3v) is 4.66. The number of amides is 2. The van der Waals surface area contributed by atoms with Crippen molar-refractivity contribution in [1.29, 1.82) is 0 Å². The van der Waals surface area contributed by atoms with E-state index in [9.17, 15) is 9.59 Å². The smallest absolute Gasteiger partial charge is 0.291 e. The molecule has 8 heteroatoms. The van der Waals surface area contributed by atoms with Crippen LogP contribution in [-0.4, -0.2) is 23.9 Å². The van der Waals surface area contributed by atoms with Crippen molar-refractivity contribution in [2.75, 3.05) is 17.7 Å². The van der Waals surface area contributed by atoms with Crippen LogP contribution in [0, 0.1) is 0 Å². The second-order valence-electron chi connectivity index (χ2n) is 6.31. The van der Waals surface area contributed by atoms with Gasteiger partial charge in [-0.25, -0.2) is 4.98 Å². The van der Waals surface area contributed by atoms with Crippen LogP contribution < -0.4 is 15.4 Å². The average molecular weight is 422 g/mol. The molecule has 0 aliphatic carbocycles. The Hall–Kier alpha value is -3.84. The van der Waals surface area contributed by atoms with Gasteiger partial charge in [-0.1, -0.05) is 29.8 Å². The monoisotopic (exact) mass is 421 g/mol. The zero-order valence-electron chi connectivity index (χ0n) is 15.8. The molecule has 4 rings (SSSR count). The van der Waals surface area contributed by atoms with E-state index in [0.29, 0.717) is 22.7 Å². The number of nitrogens with one attached hydrogen (secondary N) is 2. The summed E-state index contributed by atoms with van der Waals surface area (Å²) in [5, 5.41) is 6.43. The molecule has 0 fully saturated rings. The number of aromatic nitrogens is 1. The summed E-state index contributed by atoms with van der Waals surface area (Å²) in [5.74, 6) is -0.269. The number of carbonyl (C=O) groups is 2. The van der Waals surface area contributed by atoms with Crippen molar-refractivity contribution in [3.63, 3.8) is 0 Å². The van der Waals surface area contributed by atoms with Crippen molar-refractivity contribution in [2.45, 2.75) is 0 Å². The van der Waals surface area contributed by atoms with E-state index < -0.39 is 11.8 Å². The van der Waals surface area contributed by atoms with Gasteiger partial charge in [0.2, 0.25) is 0 Å². The zero-order chi connectivity index (χ0) is 21.1. The Balaban J connectivity index is 1.52. The minimum atomic E-state index is -0.413. The van der Waals surface area contributed by atoms with Gasteiger partial charge in [0.15, 0.2) is 5.76 Å². The van der Waals surface area contributed by atoms with Gasteiger partial charge < -0.3 is 19.8 Å². The first kappa shape index (κ1) is 19.5. The van der Waals surface area contributed by atoms with Crippen LogP contribution in [-0.2, 0) is 0 Å². The first-order chi connectivity index (χ1) is 14.5. The molecule has 2 heterocycles. The predicted octanol–water partition coefficient (Wildman–Crippen LogP) is 4.99. The van der Waals surface area contributed by atoms with Crippen molar-refractivity contribution in [1.82, 2.24) is 4.98 Å². The first-order valence-corrected chi connectivity index (χ1v) is 9.33. The van der Waals surface area contributed by atoms with Gasteiger partial charge in [0.25, 0.3) is 11.8 Å². The number of methoxy groups -OCH3 is 1. The fraction of sp³-hybridized carbons (Fsp3) is 0.0455. The highest BCUT2D eigenvalue weighted by molar-refractivity contribution is 6.33. The van der Waals surface area contributed by atoms with Gasteiger partial charge in [-0.2, -0.15) is 0 Å². The van der Waals surface area contributed by atoms with Crippen LogP contribution in [0.3, 0.4) is 0 Å². The topological polar surface area (TPSA) is 93.5 Å². The molecule has 0 saturated carbocycles. The van der Waals surface area contributed by atoms with Crippen molar-refractivity contribution in [2.24, 2.45) is 0 Å². The lowest BCUT2D eigenvalue weighted by Crippen LogP contribution is -2.14. The molecule has 0 unspecified atom stereocenters. The molecule has 0 atom stereocenters. The Morgan fingerprint density at radius 1 is 1.00 bits per heavy atom. The number of rotatable bonds is 5. The quantitative estimate of drug-likeness (QED) is 0.442. The summed E-state index contributed by atoms with van der Waals surface area (Å²) < 4.78 is 10.9. The number of ether oxygens (including phenoxy) is 1. The molecule has 0 radical (unpaired) electrons. The Morgan fingerprint density at radius 3 is 2.60 bits per heavy atom. The highest BCUT2D eigenvalue weighted by atomic mass is 35.5. The largest absolute Gasteiger partial charge is 0.494 e. The van der Waals surface area contributed by atoms with Crippen LogP contribution in [0.25, 0.3) is 11.0 Å². The van der Waals surface area contributed by atoms with E-state index in [1.54, 1.807) is 42.5 Å². The Morgan fingerprint density at radius 2 is 1.83 bits per heavy atom. The summed E-state index contributed by atoms with van der Waals surface area (Å²) in [4.78, 5) is 28.9. The molecule has 2 amide bonds. The van der Waals surface area contributed by atoms with Crippen LogP contribution in [0.1, 0.15) is 20.9 Å². The Labute approximate surface area is 176 Å². The molecule has 0 saturated heterocycles. The fourth-order valence-corrected chi connectivity index (χ4v) is 3.11. The Bertz CT molecular complexity index is 1220. The number of furan rings is 1. The zero-order valence-corrected chi connectivity index (χ0v) is 16.6. The van der Waals surface area contributed by atoms with Crippen LogP contribution in [0.15, 0.2) is 71.3 Å². The lowest BCUT2D eigenvalue weighted by molar-refractivity contribution is 0.0996. The summed E-state index contributed by atoms with van der Waals surface area (Å²) in [7, 11) is 1.47. The molecule has 30 heavy (non-hydrogen) atoms. The molecule has 0 aliphatic heterocycles. The van der Waals surface area contributed by atoms with Gasteiger partial charge in [-0.15, -0.1) is 0 Å². The van der Waals surface area contributed by atoms with Crippen LogP contribution in [0.4, 0.5) is 11.4 Å².